The van der Waals surface area contributed by atoms with Crippen molar-refractivity contribution in [2.75, 3.05) is 44.2 Å². The number of benzene rings is 2. The van der Waals surface area contributed by atoms with Gasteiger partial charge in [0.15, 0.2) is 0 Å². The third-order valence-corrected chi connectivity index (χ3v) is 5.89. The first-order valence-electron chi connectivity index (χ1n) is 10.8. The lowest BCUT2D eigenvalue weighted by molar-refractivity contribution is -0.0704. The number of aromatic hydroxyl groups is 1. The Hall–Kier alpha value is -2.57. The van der Waals surface area contributed by atoms with E-state index in [0.29, 0.717) is 13.1 Å². The van der Waals surface area contributed by atoms with Gasteiger partial charge in [0, 0.05) is 51.4 Å². The van der Waals surface area contributed by atoms with E-state index in [4.69, 9.17) is 4.74 Å². The van der Waals surface area contributed by atoms with E-state index in [1.54, 1.807) is 6.07 Å². The summed E-state index contributed by atoms with van der Waals surface area (Å²) in [6.45, 7) is 9.72. The number of piperazine rings is 1. The molecule has 2 fully saturated rings. The molecule has 6 nitrogen and oxygen atoms in total. The van der Waals surface area contributed by atoms with Crippen LogP contribution in [0.25, 0.3) is 0 Å². The second kappa shape index (κ2) is 9.06. The summed E-state index contributed by atoms with van der Waals surface area (Å²) in [4.78, 5) is 19.4. The minimum absolute atomic E-state index is 0.0760. The van der Waals surface area contributed by atoms with E-state index in [-0.39, 0.29) is 23.9 Å². The molecule has 30 heavy (non-hydrogen) atoms. The first-order valence-corrected chi connectivity index (χ1v) is 10.8. The fraction of sp³-hybridized carbons (Fsp3) is 0.458. The van der Waals surface area contributed by atoms with Crippen LogP contribution in [0.2, 0.25) is 0 Å². The van der Waals surface area contributed by atoms with Gasteiger partial charge in [-0.15, -0.1) is 0 Å². The third-order valence-electron chi connectivity index (χ3n) is 5.89. The Balaban J connectivity index is 1.32. The highest BCUT2D eigenvalue weighted by atomic mass is 16.5. The summed E-state index contributed by atoms with van der Waals surface area (Å²) in [5, 5.41) is 10.1. The summed E-state index contributed by atoms with van der Waals surface area (Å²) in [6.07, 6.45) is 0.511. The van der Waals surface area contributed by atoms with Gasteiger partial charge in [-0.3, -0.25) is 9.69 Å². The van der Waals surface area contributed by atoms with E-state index in [0.717, 1.165) is 44.0 Å². The van der Waals surface area contributed by atoms with Crippen molar-refractivity contribution < 1.29 is 14.6 Å². The Morgan fingerprint density at radius 3 is 2.23 bits per heavy atom. The van der Waals surface area contributed by atoms with Crippen molar-refractivity contribution in [1.29, 1.82) is 0 Å². The summed E-state index contributed by atoms with van der Waals surface area (Å²) < 4.78 is 5.80. The van der Waals surface area contributed by atoms with Crippen molar-refractivity contribution in [3.05, 3.63) is 59.7 Å². The average molecular weight is 410 g/mol. The molecule has 2 aliphatic rings. The molecule has 2 atom stereocenters. The van der Waals surface area contributed by atoms with Crippen molar-refractivity contribution in [3.63, 3.8) is 0 Å². The van der Waals surface area contributed by atoms with Crippen LogP contribution in [0.15, 0.2) is 48.5 Å². The molecule has 2 heterocycles. The highest BCUT2D eigenvalue weighted by Gasteiger charge is 2.24. The molecular weight excluding hydrogens is 378 g/mol. The molecule has 4 rings (SSSR count). The lowest BCUT2D eigenvalue weighted by Gasteiger charge is -2.36. The number of hydrogen-bond donors (Lipinski definition) is 1. The molecule has 6 heteroatoms. The number of ether oxygens (including phenoxy) is 1. The van der Waals surface area contributed by atoms with Crippen LogP contribution in [-0.4, -0.2) is 72.3 Å². The van der Waals surface area contributed by atoms with Crippen LogP contribution in [0, 0.1) is 0 Å². The first-order chi connectivity index (χ1) is 14.5. The summed E-state index contributed by atoms with van der Waals surface area (Å²) in [6, 6.07) is 15.4. The largest absolute Gasteiger partial charge is 0.506 e. The van der Waals surface area contributed by atoms with Crippen molar-refractivity contribution in [3.8, 4) is 5.75 Å². The van der Waals surface area contributed by atoms with E-state index < -0.39 is 0 Å². The Bertz CT molecular complexity index is 852. The van der Waals surface area contributed by atoms with Gasteiger partial charge in [-0.25, -0.2) is 0 Å². The van der Waals surface area contributed by atoms with Gasteiger partial charge in [0.05, 0.1) is 17.9 Å². The van der Waals surface area contributed by atoms with E-state index >= 15 is 0 Å². The molecule has 2 saturated heterocycles. The fourth-order valence-electron chi connectivity index (χ4n) is 4.49. The minimum Gasteiger partial charge on any atom is -0.506 e. The number of anilines is 1. The van der Waals surface area contributed by atoms with Gasteiger partial charge in [-0.2, -0.15) is 0 Å². The van der Waals surface area contributed by atoms with Crippen LogP contribution in [0.1, 0.15) is 29.8 Å². The highest BCUT2D eigenvalue weighted by Crippen LogP contribution is 2.27. The molecule has 0 unspecified atom stereocenters. The monoisotopic (exact) mass is 409 g/mol. The normalized spacial score (nSPS) is 22.9. The number of hydrogen-bond acceptors (Lipinski definition) is 5. The highest BCUT2D eigenvalue weighted by molar-refractivity contribution is 5.94. The van der Waals surface area contributed by atoms with E-state index in [1.165, 1.54) is 5.56 Å². The van der Waals surface area contributed by atoms with Crippen LogP contribution in [-0.2, 0) is 11.3 Å². The quantitative estimate of drug-likeness (QED) is 0.842. The van der Waals surface area contributed by atoms with Crippen LogP contribution in [0.3, 0.4) is 0 Å². The van der Waals surface area contributed by atoms with Crippen molar-refractivity contribution >= 4 is 11.6 Å². The summed E-state index contributed by atoms with van der Waals surface area (Å²) in [5.74, 6) is 0.365. The number of carbonyl (C=O) groups is 1. The maximum absolute atomic E-state index is 12.9. The molecule has 2 aliphatic heterocycles. The molecule has 2 aromatic rings. The molecule has 0 spiro atoms. The number of amides is 1. The van der Waals surface area contributed by atoms with Crippen molar-refractivity contribution in [2.45, 2.75) is 32.6 Å². The summed E-state index contributed by atoms with van der Waals surface area (Å²) >= 11 is 0. The number of carbonyl (C=O) groups excluding carboxylic acids is 1. The standard InChI is InChI=1S/C24H31N3O3/c1-18-15-25(16-19(2)30-18)17-20-7-9-21(10-8-20)24(29)27-13-11-26(12-14-27)22-5-3-4-6-23(22)28/h3-10,18-19,28H,11-17H2,1-2H3/t18-,19-/m1/s1. The van der Waals surface area contributed by atoms with Gasteiger partial charge < -0.3 is 19.6 Å². The maximum atomic E-state index is 12.9. The van der Waals surface area contributed by atoms with Crippen molar-refractivity contribution in [2.24, 2.45) is 0 Å². The molecule has 0 saturated carbocycles. The Kier molecular flexibility index (Phi) is 6.25. The van der Waals surface area contributed by atoms with E-state index in [2.05, 4.69) is 35.8 Å². The van der Waals surface area contributed by atoms with Crippen LogP contribution in [0.5, 0.6) is 5.75 Å². The Morgan fingerprint density at radius 2 is 1.60 bits per heavy atom. The number of rotatable bonds is 4. The zero-order valence-corrected chi connectivity index (χ0v) is 17.8. The first kappa shape index (κ1) is 20.7. The van der Waals surface area contributed by atoms with Crippen LogP contribution in [0.4, 0.5) is 5.69 Å². The van der Waals surface area contributed by atoms with Gasteiger partial charge >= 0.3 is 0 Å². The second-order valence-corrected chi connectivity index (χ2v) is 8.42. The maximum Gasteiger partial charge on any atom is 0.253 e. The van der Waals surface area contributed by atoms with Gasteiger partial charge in [0.2, 0.25) is 0 Å². The lowest BCUT2D eigenvalue weighted by Crippen LogP contribution is -2.48. The lowest BCUT2D eigenvalue weighted by atomic mass is 10.1. The van der Waals surface area contributed by atoms with Gasteiger partial charge in [0.25, 0.3) is 5.91 Å². The zero-order chi connectivity index (χ0) is 21.1. The zero-order valence-electron chi connectivity index (χ0n) is 17.8. The fourth-order valence-corrected chi connectivity index (χ4v) is 4.49. The smallest absolute Gasteiger partial charge is 0.253 e. The molecule has 160 valence electrons. The van der Waals surface area contributed by atoms with Gasteiger partial charge in [-0.05, 0) is 43.7 Å². The number of phenols is 1. The molecular formula is C24H31N3O3. The van der Waals surface area contributed by atoms with Gasteiger partial charge in [-0.1, -0.05) is 24.3 Å². The average Bonchev–Trinajstić information content (AvgIpc) is 2.74. The van der Waals surface area contributed by atoms with Crippen molar-refractivity contribution in [1.82, 2.24) is 9.80 Å². The number of morpholine rings is 1. The minimum atomic E-state index is 0.0760. The molecule has 0 bridgehead atoms. The second-order valence-electron chi connectivity index (χ2n) is 8.42. The molecule has 1 N–H and O–H groups in total. The topological polar surface area (TPSA) is 56.3 Å². The molecule has 0 aliphatic carbocycles. The van der Waals surface area contributed by atoms with Crippen LogP contribution >= 0.6 is 0 Å². The van der Waals surface area contributed by atoms with E-state index in [1.807, 2.05) is 35.2 Å². The molecule has 1 amide bonds. The SMILES string of the molecule is C[C@@H]1CN(Cc2ccc(C(=O)N3CCN(c4ccccc4O)CC3)cc2)C[C@@H](C)O1. The summed E-state index contributed by atoms with van der Waals surface area (Å²) in [7, 11) is 0. The number of phenolic OH excluding ortho intramolecular Hbond substituents is 1. The molecule has 0 radical (unpaired) electrons. The molecule has 0 aromatic heterocycles. The summed E-state index contributed by atoms with van der Waals surface area (Å²) in [5.41, 5.74) is 2.79. The Labute approximate surface area is 178 Å². The number of nitrogens with zero attached hydrogens (tertiary/aromatic N) is 3. The van der Waals surface area contributed by atoms with E-state index in [9.17, 15) is 9.90 Å². The van der Waals surface area contributed by atoms with Crippen LogP contribution < -0.4 is 4.90 Å². The predicted molar refractivity (Wildman–Crippen MR) is 118 cm³/mol. The Morgan fingerprint density at radius 1 is 0.967 bits per heavy atom. The number of para-hydroxylation sites is 2. The third kappa shape index (κ3) is 4.77. The molecule has 2 aromatic carbocycles. The predicted octanol–water partition coefficient (Wildman–Crippen LogP) is 2.96. The van der Waals surface area contributed by atoms with Gasteiger partial charge in [0.1, 0.15) is 5.75 Å².